The molecule has 0 aliphatic carbocycles. The molecule has 17 heavy (non-hydrogen) atoms. The van der Waals surface area contributed by atoms with E-state index in [4.69, 9.17) is 5.73 Å². The third kappa shape index (κ3) is 2.63. The summed E-state index contributed by atoms with van der Waals surface area (Å²) in [4.78, 5) is 2.54. The van der Waals surface area contributed by atoms with Crippen LogP contribution in [0.2, 0.25) is 0 Å². The maximum atomic E-state index is 5.72. The van der Waals surface area contributed by atoms with E-state index >= 15 is 0 Å². The predicted molar refractivity (Wildman–Crippen MR) is 74.1 cm³/mol. The molecule has 1 aromatic carbocycles. The van der Waals surface area contributed by atoms with Crippen molar-refractivity contribution in [3.63, 3.8) is 0 Å². The van der Waals surface area contributed by atoms with E-state index in [1.54, 1.807) is 0 Å². The van der Waals surface area contributed by atoms with E-state index in [2.05, 4.69) is 49.9 Å². The van der Waals surface area contributed by atoms with E-state index in [1.807, 2.05) is 0 Å². The van der Waals surface area contributed by atoms with Crippen molar-refractivity contribution in [2.24, 2.45) is 17.6 Å². The van der Waals surface area contributed by atoms with Crippen LogP contribution < -0.4 is 10.6 Å². The third-order valence-electron chi connectivity index (χ3n) is 4.08. The van der Waals surface area contributed by atoms with Crippen molar-refractivity contribution >= 4 is 5.69 Å². The van der Waals surface area contributed by atoms with E-state index in [9.17, 15) is 0 Å². The molecule has 0 saturated carbocycles. The second-order valence-corrected chi connectivity index (χ2v) is 5.59. The molecule has 94 valence electrons. The van der Waals surface area contributed by atoms with Gasteiger partial charge in [-0.05, 0) is 42.9 Å². The molecule has 2 heteroatoms. The zero-order valence-corrected chi connectivity index (χ0v) is 11.2. The van der Waals surface area contributed by atoms with Gasteiger partial charge in [-0.25, -0.2) is 0 Å². The Hall–Kier alpha value is -1.02. The smallest absolute Gasteiger partial charge is 0.0372 e. The fourth-order valence-electron chi connectivity index (χ4n) is 2.92. The SMILES string of the molecule is CC1CC(C)C(C)N(c2cccc(CN)c2)C1. The lowest BCUT2D eigenvalue weighted by molar-refractivity contribution is 0.297. The molecule has 0 aromatic heterocycles. The Kier molecular flexibility index (Phi) is 3.72. The Morgan fingerprint density at radius 1 is 1.29 bits per heavy atom. The summed E-state index contributed by atoms with van der Waals surface area (Å²) in [5.74, 6) is 1.54. The average molecular weight is 232 g/mol. The van der Waals surface area contributed by atoms with Gasteiger partial charge in [0.2, 0.25) is 0 Å². The number of nitrogens with two attached hydrogens (primary N) is 1. The molecular formula is C15H24N2. The number of anilines is 1. The summed E-state index contributed by atoms with van der Waals surface area (Å²) >= 11 is 0. The van der Waals surface area contributed by atoms with Gasteiger partial charge in [0.25, 0.3) is 0 Å². The lowest BCUT2D eigenvalue weighted by Gasteiger charge is -2.42. The molecule has 2 rings (SSSR count). The summed E-state index contributed by atoms with van der Waals surface area (Å²) in [6.07, 6.45) is 1.34. The fourth-order valence-corrected chi connectivity index (χ4v) is 2.92. The van der Waals surface area contributed by atoms with Gasteiger partial charge in [0, 0.05) is 24.8 Å². The molecule has 1 aliphatic heterocycles. The van der Waals surface area contributed by atoms with Crippen LogP contribution in [0.1, 0.15) is 32.8 Å². The first-order valence-corrected chi connectivity index (χ1v) is 6.67. The van der Waals surface area contributed by atoms with Gasteiger partial charge in [0.05, 0.1) is 0 Å². The van der Waals surface area contributed by atoms with Crippen LogP contribution in [0.15, 0.2) is 24.3 Å². The van der Waals surface area contributed by atoms with E-state index in [0.717, 1.165) is 11.8 Å². The Bertz CT molecular complexity index is 375. The van der Waals surface area contributed by atoms with Gasteiger partial charge < -0.3 is 10.6 Å². The Labute approximate surface area is 105 Å². The van der Waals surface area contributed by atoms with Crippen LogP contribution >= 0.6 is 0 Å². The van der Waals surface area contributed by atoms with Gasteiger partial charge in [0.1, 0.15) is 0 Å². The first kappa shape index (κ1) is 12.4. The maximum Gasteiger partial charge on any atom is 0.0372 e. The van der Waals surface area contributed by atoms with Crippen LogP contribution in [-0.2, 0) is 6.54 Å². The minimum absolute atomic E-state index is 0.624. The second-order valence-electron chi connectivity index (χ2n) is 5.59. The normalized spacial score (nSPS) is 29.4. The van der Waals surface area contributed by atoms with Crippen LogP contribution in [-0.4, -0.2) is 12.6 Å². The van der Waals surface area contributed by atoms with Crippen LogP contribution in [0.3, 0.4) is 0 Å². The molecule has 1 saturated heterocycles. The fraction of sp³-hybridized carbons (Fsp3) is 0.600. The van der Waals surface area contributed by atoms with Crippen molar-refractivity contribution in [1.29, 1.82) is 0 Å². The van der Waals surface area contributed by atoms with Gasteiger partial charge in [-0.3, -0.25) is 0 Å². The van der Waals surface area contributed by atoms with Gasteiger partial charge in [-0.15, -0.1) is 0 Å². The number of nitrogens with zero attached hydrogens (tertiary/aromatic N) is 1. The van der Waals surface area contributed by atoms with Gasteiger partial charge in [-0.1, -0.05) is 26.0 Å². The zero-order chi connectivity index (χ0) is 12.4. The molecule has 1 aliphatic rings. The molecule has 0 radical (unpaired) electrons. The summed E-state index contributed by atoms with van der Waals surface area (Å²) in [5, 5.41) is 0. The van der Waals surface area contributed by atoms with Gasteiger partial charge in [-0.2, -0.15) is 0 Å². The van der Waals surface area contributed by atoms with Crippen molar-refractivity contribution in [1.82, 2.24) is 0 Å². The van der Waals surface area contributed by atoms with Crippen LogP contribution in [0.4, 0.5) is 5.69 Å². The monoisotopic (exact) mass is 232 g/mol. The van der Waals surface area contributed by atoms with E-state index in [1.165, 1.54) is 24.2 Å². The molecule has 2 N–H and O–H groups in total. The molecule has 1 fully saturated rings. The highest BCUT2D eigenvalue weighted by Crippen LogP contribution is 2.31. The van der Waals surface area contributed by atoms with Crippen LogP contribution in [0.25, 0.3) is 0 Å². The largest absolute Gasteiger partial charge is 0.368 e. The minimum Gasteiger partial charge on any atom is -0.368 e. The number of hydrogen-bond donors (Lipinski definition) is 1. The first-order valence-electron chi connectivity index (χ1n) is 6.67. The topological polar surface area (TPSA) is 29.3 Å². The molecule has 1 aromatic rings. The summed E-state index contributed by atoms with van der Waals surface area (Å²) < 4.78 is 0. The second kappa shape index (κ2) is 5.09. The number of piperidine rings is 1. The highest BCUT2D eigenvalue weighted by Gasteiger charge is 2.28. The summed E-state index contributed by atoms with van der Waals surface area (Å²) in [5.41, 5.74) is 8.27. The van der Waals surface area contributed by atoms with Gasteiger partial charge >= 0.3 is 0 Å². The molecule has 3 atom stereocenters. The summed E-state index contributed by atoms with van der Waals surface area (Å²) in [6.45, 7) is 8.84. The quantitative estimate of drug-likeness (QED) is 0.849. The Morgan fingerprint density at radius 2 is 2.06 bits per heavy atom. The molecule has 3 unspecified atom stereocenters. The zero-order valence-electron chi connectivity index (χ0n) is 11.2. The summed E-state index contributed by atoms with van der Waals surface area (Å²) in [6, 6.07) is 9.29. The number of hydrogen-bond acceptors (Lipinski definition) is 2. The standard InChI is InChI=1S/C15H24N2/c1-11-7-12(2)13(3)17(10-11)15-6-4-5-14(8-15)9-16/h4-6,8,11-13H,7,9-10,16H2,1-3H3. The van der Waals surface area contributed by atoms with Crippen molar-refractivity contribution in [2.75, 3.05) is 11.4 Å². The first-order chi connectivity index (χ1) is 8.11. The average Bonchev–Trinajstić information content (AvgIpc) is 2.34. The van der Waals surface area contributed by atoms with Crippen molar-refractivity contribution in [2.45, 2.75) is 39.8 Å². The molecular weight excluding hydrogens is 208 g/mol. The Balaban J connectivity index is 2.24. The van der Waals surface area contributed by atoms with Gasteiger partial charge in [0.15, 0.2) is 0 Å². The van der Waals surface area contributed by atoms with Crippen molar-refractivity contribution < 1.29 is 0 Å². The minimum atomic E-state index is 0.624. The lowest BCUT2D eigenvalue weighted by Crippen LogP contribution is -2.45. The van der Waals surface area contributed by atoms with E-state index in [0.29, 0.717) is 12.6 Å². The van der Waals surface area contributed by atoms with Crippen molar-refractivity contribution in [3.05, 3.63) is 29.8 Å². The van der Waals surface area contributed by atoms with Crippen LogP contribution in [0.5, 0.6) is 0 Å². The number of benzene rings is 1. The highest BCUT2D eigenvalue weighted by molar-refractivity contribution is 5.50. The van der Waals surface area contributed by atoms with E-state index < -0.39 is 0 Å². The predicted octanol–water partition coefficient (Wildman–Crippen LogP) is 3.02. The summed E-state index contributed by atoms with van der Waals surface area (Å²) in [7, 11) is 0. The molecule has 1 heterocycles. The van der Waals surface area contributed by atoms with E-state index in [-0.39, 0.29) is 0 Å². The molecule has 0 spiro atoms. The Morgan fingerprint density at radius 3 is 2.76 bits per heavy atom. The highest BCUT2D eigenvalue weighted by atomic mass is 15.2. The third-order valence-corrected chi connectivity index (χ3v) is 4.08. The number of rotatable bonds is 2. The molecule has 0 amide bonds. The van der Waals surface area contributed by atoms with Crippen LogP contribution in [0, 0.1) is 11.8 Å². The van der Waals surface area contributed by atoms with Crippen molar-refractivity contribution in [3.8, 4) is 0 Å². The molecule has 2 nitrogen and oxygen atoms in total. The lowest BCUT2D eigenvalue weighted by atomic mass is 9.85. The maximum absolute atomic E-state index is 5.72. The molecule has 0 bridgehead atoms.